The predicted molar refractivity (Wildman–Crippen MR) is 90.4 cm³/mol. The molecule has 23 heavy (non-hydrogen) atoms. The van der Waals surface area contributed by atoms with E-state index in [1.54, 1.807) is 23.9 Å². The van der Waals surface area contributed by atoms with Crippen LogP contribution in [0.4, 0.5) is 11.4 Å². The number of nitrogens with one attached hydrogen (secondary N) is 1. The number of thioether (sulfide) groups is 1. The molecule has 1 N–H and O–H groups in total. The Kier molecular flexibility index (Phi) is 5.59. The molecule has 6 nitrogen and oxygen atoms in total. The highest BCUT2D eigenvalue weighted by Gasteiger charge is 2.16. The number of hydrogen-bond donors (Lipinski definition) is 1. The maximum Gasteiger partial charge on any atom is 0.271 e. The van der Waals surface area contributed by atoms with Crippen LogP contribution < -0.4 is 10.1 Å². The molecule has 0 unspecified atom stereocenters. The summed E-state index contributed by atoms with van der Waals surface area (Å²) >= 11 is 1.56. The molecule has 0 saturated carbocycles. The van der Waals surface area contributed by atoms with Gasteiger partial charge in [0, 0.05) is 17.0 Å². The number of hydrogen-bond acceptors (Lipinski definition) is 5. The van der Waals surface area contributed by atoms with Crippen molar-refractivity contribution >= 4 is 29.0 Å². The van der Waals surface area contributed by atoms with E-state index >= 15 is 0 Å². The Bertz CT molecular complexity index is 734. The Morgan fingerprint density at radius 1 is 1.30 bits per heavy atom. The fourth-order valence-corrected chi connectivity index (χ4v) is 2.83. The summed E-state index contributed by atoms with van der Waals surface area (Å²) in [6, 6.07) is 11.3. The van der Waals surface area contributed by atoms with Crippen LogP contribution in [0.25, 0.3) is 0 Å². The first-order valence-corrected chi connectivity index (χ1v) is 7.91. The molecule has 0 aliphatic carbocycles. The van der Waals surface area contributed by atoms with Gasteiger partial charge in [-0.3, -0.25) is 14.9 Å². The zero-order chi connectivity index (χ0) is 16.8. The van der Waals surface area contributed by atoms with Crippen molar-refractivity contribution in [2.45, 2.75) is 11.8 Å². The van der Waals surface area contributed by atoms with E-state index in [1.807, 2.05) is 19.1 Å². The number of benzene rings is 2. The molecule has 120 valence electrons. The van der Waals surface area contributed by atoms with E-state index in [2.05, 4.69) is 5.32 Å². The molecular weight excluding hydrogens is 316 g/mol. The van der Waals surface area contributed by atoms with Gasteiger partial charge in [0.25, 0.3) is 11.6 Å². The number of nitrogens with zero attached hydrogens (tertiary/aromatic N) is 1. The monoisotopic (exact) mass is 332 g/mol. The average Bonchev–Trinajstić information content (AvgIpc) is 2.55. The van der Waals surface area contributed by atoms with Gasteiger partial charge in [0.15, 0.2) is 0 Å². The highest BCUT2D eigenvalue weighted by Crippen LogP contribution is 2.30. The van der Waals surface area contributed by atoms with Crippen molar-refractivity contribution in [3.05, 3.63) is 58.1 Å². The van der Waals surface area contributed by atoms with Crippen molar-refractivity contribution in [1.82, 2.24) is 0 Å². The lowest BCUT2D eigenvalue weighted by atomic mass is 10.2. The lowest BCUT2D eigenvalue weighted by molar-refractivity contribution is -0.384. The van der Waals surface area contributed by atoms with E-state index in [-0.39, 0.29) is 17.3 Å². The van der Waals surface area contributed by atoms with Gasteiger partial charge < -0.3 is 10.1 Å². The largest absolute Gasteiger partial charge is 0.495 e. The molecule has 0 aliphatic rings. The molecule has 2 rings (SSSR count). The van der Waals surface area contributed by atoms with Crippen LogP contribution in [-0.2, 0) is 0 Å². The minimum absolute atomic E-state index is 0.114. The van der Waals surface area contributed by atoms with E-state index in [1.165, 1.54) is 25.3 Å². The van der Waals surface area contributed by atoms with Crippen LogP contribution in [0.3, 0.4) is 0 Å². The Morgan fingerprint density at radius 3 is 2.70 bits per heavy atom. The summed E-state index contributed by atoms with van der Waals surface area (Å²) in [6.07, 6.45) is 0. The third-order valence-electron chi connectivity index (χ3n) is 3.07. The van der Waals surface area contributed by atoms with E-state index in [4.69, 9.17) is 4.74 Å². The number of anilines is 1. The van der Waals surface area contributed by atoms with Crippen molar-refractivity contribution in [1.29, 1.82) is 0 Å². The van der Waals surface area contributed by atoms with Gasteiger partial charge in [-0.15, -0.1) is 11.8 Å². The molecule has 1 amide bonds. The first-order valence-electron chi connectivity index (χ1n) is 6.92. The summed E-state index contributed by atoms with van der Waals surface area (Å²) in [7, 11) is 1.44. The number of methoxy groups -OCH3 is 1. The summed E-state index contributed by atoms with van der Waals surface area (Å²) in [5.41, 5.74) is 0.674. The number of rotatable bonds is 6. The molecule has 7 heteroatoms. The Morgan fingerprint density at radius 2 is 2.04 bits per heavy atom. The minimum atomic E-state index is -0.518. The first kappa shape index (κ1) is 16.8. The quantitative estimate of drug-likeness (QED) is 0.492. The maximum absolute atomic E-state index is 12.5. The van der Waals surface area contributed by atoms with E-state index in [0.29, 0.717) is 11.3 Å². The van der Waals surface area contributed by atoms with Gasteiger partial charge >= 0.3 is 0 Å². The zero-order valence-corrected chi connectivity index (χ0v) is 13.6. The maximum atomic E-state index is 12.5. The number of nitro benzene ring substituents is 1. The van der Waals surface area contributed by atoms with Crippen molar-refractivity contribution in [3.63, 3.8) is 0 Å². The third-order valence-corrected chi connectivity index (χ3v) is 4.03. The van der Waals surface area contributed by atoms with Gasteiger partial charge in [-0.05, 0) is 24.0 Å². The van der Waals surface area contributed by atoms with Crippen LogP contribution in [0, 0.1) is 10.1 Å². The number of non-ortho nitro benzene ring substituents is 1. The van der Waals surface area contributed by atoms with Crippen molar-refractivity contribution in [2.24, 2.45) is 0 Å². The summed E-state index contributed by atoms with van der Waals surface area (Å²) in [6.45, 7) is 2.00. The highest BCUT2D eigenvalue weighted by molar-refractivity contribution is 7.99. The molecule has 2 aromatic rings. The molecule has 0 saturated heterocycles. The topological polar surface area (TPSA) is 81.5 Å². The van der Waals surface area contributed by atoms with Crippen molar-refractivity contribution < 1.29 is 14.5 Å². The third kappa shape index (κ3) is 4.01. The van der Waals surface area contributed by atoms with Gasteiger partial charge in [0.1, 0.15) is 5.75 Å². The molecule has 0 heterocycles. The van der Waals surface area contributed by atoms with Crippen molar-refractivity contribution in [2.75, 3.05) is 18.2 Å². The van der Waals surface area contributed by atoms with Gasteiger partial charge in [-0.1, -0.05) is 19.1 Å². The average molecular weight is 332 g/mol. The Labute approximate surface area is 138 Å². The normalized spacial score (nSPS) is 10.2. The van der Waals surface area contributed by atoms with Crippen molar-refractivity contribution in [3.8, 4) is 5.75 Å². The Hall–Kier alpha value is -2.54. The van der Waals surface area contributed by atoms with E-state index < -0.39 is 4.92 Å². The van der Waals surface area contributed by atoms with Crippen LogP contribution in [-0.4, -0.2) is 23.7 Å². The van der Waals surface area contributed by atoms with Crippen LogP contribution in [0.2, 0.25) is 0 Å². The second kappa shape index (κ2) is 7.64. The second-order valence-electron chi connectivity index (χ2n) is 4.52. The second-order valence-corrected chi connectivity index (χ2v) is 5.83. The molecular formula is C16H16N2O4S. The summed E-state index contributed by atoms with van der Waals surface area (Å²) in [4.78, 5) is 23.7. The molecule has 0 aromatic heterocycles. The van der Waals surface area contributed by atoms with Gasteiger partial charge in [0.2, 0.25) is 0 Å². The molecule has 0 radical (unpaired) electrons. The molecule has 0 atom stereocenters. The number of amides is 1. The lowest BCUT2D eigenvalue weighted by Crippen LogP contribution is -2.14. The van der Waals surface area contributed by atoms with E-state index in [0.717, 1.165) is 10.6 Å². The zero-order valence-electron chi connectivity index (χ0n) is 12.7. The molecule has 0 fully saturated rings. The summed E-state index contributed by atoms with van der Waals surface area (Å²) in [5, 5.41) is 13.6. The van der Waals surface area contributed by atoms with Crippen LogP contribution in [0.5, 0.6) is 5.75 Å². The molecule has 0 aliphatic heterocycles. The lowest BCUT2D eigenvalue weighted by Gasteiger charge is -2.12. The minimum Gasteiger partial charge on any atom is -0.495 e. The smallest absolute Gasteiger partial charge is 0.271 e. The summed E-state index contributed by atoms with van der Waals surface area (Å²) in [5.74, 6) is 0.870. The van der Waals surface area contributed by atoms with Crippen LogP contribution in [0.15, 0.2) is 47.4 Å². The standard InChI is InChI=1S/C16H16N2O4S/c1-3-23-15-7-5-4-6-12(15)16(19)17-13-10-11(18(20)21)8-9-14(13)22-2/h4-10H,3H2,1-2H3,(H,17,19). The fourth-order valence-electron chi connectivity index (χ4n) is 2.03. The number of carbonyl (C=O) groups excluding carboxylic acids is 1. The fraction of sp³-hybridized carbons (Fsp3) is 0.188. The SMILES string of the molecule is CCSc1ccccc1C(=O)Nc1cc([N+](=O)[O-])ccc1OC. The molecule has 0 bridgehead atoms. The number of carbonyl (C=O) groups is 1. The van der Waals surface area contributed by atoms with Crippen LogP contribution in [0.1, 0.15) is 17.3 Å². The van der Waals surface area contributed by atoms with Gasteiger partial charge in [-0.2, -0.15) is 0 Å². The highest BCUT2D eigenvalue weighted by atomic mass is 32.2. The number of nitro groups is 1. The van der Waals surface area contributed by atoms with E-state index in [9.17, 15) is 14.9 Å². The first-order chi connectivity index (χ1) is 11.1. The summed E-state index contributed by atoms with van der Waals surface area (Å²) < 4.78 is 5.15. The predicted octanol–water partition coefficient (Wildman–Crippen LogP) is 3.97. The van der Waals surface area contributed by atoms with Crippen LogP contribution >= 0.6 is 11.8 Å². The molecule has 2 aromatic carbocycles. The van der Waals surface area contributed by atoms with Gasteiger partial charge in [-0.25, -0.2) is 0 Å². The Balaban J connectivity index is 2.33. The number of ether oxygens (including phenoxy) is 1. The molecule has 0 spiro atoms. The van der Waals surface area contributed by atoms with Gasteiger partial charge in [0.05, 0.1) is 23.3 Å².